The number of carbonyl (C=O) groups is 1. The second-order valence-electron chi connectivity index (χ2n) is 6.85. The number of aryl methyl sites for hydroxylation is 1. The van der Waals surface area contributed by atoms with Crippen LogP contribution in [0.2, 0.25) is 0 Å². The predicted octanol–water partition coefficient (Wildman–Crippen LogP) is 3.83. The quantitative estimate of drug-likeness (QED) is 0.727. The summed E-state index contributed by atoms with van der Waals surface area (Å²) in [5, 5.41) is 7.42. The third kappa shape index (κ3) is 3.87. The Morgan fingerprint density at radius 1 is 1.19 bits per heavy atom. The van der Waals surface area contributed by atoms with Crippen molar-refractivity contribution in [1.82, 2.24) is 9.78 Å². The van der Waals surface area contributed by atoms with Gasteiger partial charge < -0.3 is 10.2 Å². The van der Waals surface area contributed by atoms with Crippen LogP contribution in [0.1, 0.15) is 24.5 Å². The summed E-state index contributed by atoms with van der Waals surface area (Å²) in [6.45, 7) is 4.22. The number of nitrogens with one attached hydrogen (secondary N) is 1. The first kappa shape index (κ1) is 17.3. The molecule has 1 aromatic heterocycles. The molecule has 1 aliphatic heterocycles. The van der Waals surface area contributed by atoms with Crippen molar-refractivity contribution in [3.05, 3.63) is 72.1 Å². The highest BCUT2D eigenvalue weighted by Gasteiger charge is 2.18. The van der Waals surface area contributed by atoms with Crippen molar-refractivity contribution in [2.75, 3.05) is 23.3 Å². The Labute approximate surface area is 159 Å². The van der Waals surface area contributed by atoms with E-state index in [2.05, 4.69) is 34.4 Å². The van der Waals surface area contributed by atoms with Gasteiger partial charge in [-0.2, -0.15) is 5.10 Å². The van der Waals surface area contributed by atoms with E-state index in [4.69, 9.17) is 0 Å². The Morgan fingerprint density at radius 2 is 2.04 bits per heavy atom. The van der Waals surface area contributed by atoms with E-state index in [-0.39, 0.29) is 5.91 Å². The SMILES string of the molecule is CCN1CCc2ccc(NC(=O)CCc3cnn(-c4ccccc4)c3)cc21. The number of nitrogens with zero attached hydrogens (tertiary/aromatic N) is 3. The van der Waals surface area contributed by atoms with Gasteiger partial charge in [-0.3, -0.25) is 4.79 Å². The molecule has 0 atom stereocenters. The third-order valence-electron chi connectivity index (χ3n) is 5.04. The standard InChI is InChI=1S/C22H24N4O/c1-2-25-13-12-18-9-10-19(14-21(18)25)24-22(27)11-8-17-15-23-26(16-17)20-6-4-3-5-7-20/h3-7,9-10,14-16H,2,8,11-13H2,1H3,(H,24,27). The van der Waals surface area contributed by atoms with Gasteiger partial charge in [0.1, 0.15) is 0 Å². The summed E-state index contributed by atoms with van der Waals surface area (Å²) in [5.41, 5.74) is 5.56. The summed E-state index contributed by atoms with van der Waals surface area (Å²) < 4.78 is 1.84. The van der Waals surface area contributed by atoms with Crippen molar-refractivity contribution in [2.24, 2.45) is 0 Å². The van der Waals surface area contributed by atoms with Crippen molar-refractivity contribution in [2.45, 2.75) is 26.2 Å². The van der Waals surface area contributed by atoms with Crippen LogP contribution in [0.15, 0.2) is 60.9 Å². The number of carbonyl (C=O) groups excluding carboxylic acids is 1. The second-order valence-corrected chi connectivity index (χ2v) is 6.85. The van der Waals surface area contributed by atoms with Crippen LogP contribution in [0.3, 0.4) is 0 Å². The molecule has 0 spiro atoms. The van der Waals surface area contributed by atoms with Crippen LogP contribution >= 0.6 is 0 Å². The fourth-order valence-corrected chi connectivity index (χ4v) is 3.54. The third-order valence-corrected chi connectivity index (χ3v) is 5.04. The maximum atomic E-state index is 12.4. The van der Waals surface area contributed by atoms with Crippen LogP contribution in [0.25, 0.3) is 5.69 Å². The van der Waals surface area contributed by atoms with E-state index in [1.807, 2.05) is 53.5 Å². The second kappa shape index (κ2) is 7.66. The van der Waals surface area contributed by atoms with E-state index in [1.54, 1.807) is 0 Å². The van der Waals surface area contributed by atoms with Crippen LogP contribution in [0.4, 0.5) is 11.4 Å². The number of aromatic nitrogens is 2. The van der Waals surface area contributed by atoms with Gasteiger partial charge in [0.05, 0.1) is 11.9 Å². The molecule has 27 heavy (non-hydrogen) atoms. The van der Waals surface area contributed by atoms with Gasteiger partial charge in [-0.1, -0.05) is 24.3 Å². The average molecular weight is 360 g/mol. The monoisotopic (exact) mass is 360 g/mol. The predicted molar refractivity (Wildman–Crippen MR) is 109 cm³/mol. The number of likely N-dealkylation sites (N-methyl/N-ethyl adjacent to an activating group) is 1. The number of hydrogen-bond acceptors (Lipinski definition) is 3. The van der Waals surface area contributed by atoms with Crippen LogP contribution in [-0.2, 0) is 17.6 Å². The lowest BCUT2D eigenvalue weighted by molar-refractivity contribution is -0.116. The zero-order chi connectivity index (χ0) is 18.6. The lowest BCUT2D eigenvalue weighted by atomic mass is 10.1. The van der Waals surface area contributed by atoms with Crippen molar-refractivity contribution in [3.8, 4) is 5.69 Å². The molecule has 1 N–H and O–H groups in total. The number of rotatable bonds is 6. The lowest BCUT2D eigenvalue weighted by Gasteiger charge is -2.17. The van der Waals surface area contributed by atoms with E-state index in [0.29, 0.717) is 12.8 Å². The number of amides is 1. The van der Waals surface area contributed by atoms with Gasteiger partial charge in [0.15, 0.2) is 0 Å². The van der Waals surface area contributed by atoms with Crippen LogP contribution in [0.5, 0.6) is 0 Å². The number of hydrogen-bond donors (Lipinski definition) is 1. The molecule has 4 rings (SSSR count). The van der Waals surface area contributed by atoms with Gasteiger partial charge in [-0.25, -0.2) is 4.68 Å². The molecule has 138 valence electrons. The molecule has 2 aromatic carbocycles. The molecular weight excluding hydrogens is 336 g/mol. The first-order chi connectivity index (χ1) is 13.2. The van der Waals surface area contributed by atoms with Crippen LogP contribution in [-0.4, -0.2) is 28.8 Å². The molecule has 0 saturated carbocycles. The Morgan fingerprint density at radius 3 is 2.85 bits per heavy atom. The highest BCUT2D eigenvalue weighted by atomic mass is 16.1. The normalized spacial score (nSPS) is 12.9. The van der Waals surface area contributed by atoms with E-state index >= 15 is 0 Å². The Hall–Kier alpha value is -3.08. The fraction of sp³-hybridized carbons (Fsp3) is 0.273. The molecule has 0 unspecified atom stereocenters. The number of para-hydroxylation sites is 1. The maximum Gasteiger partial charge on any atom is 0.224 e. The lowest BCUT2D eigenvalue weighted by Crippen LogP contribution is -2.19. The highest BCUT2D eigenvalue weighted by Crippen LogP contribution is 2.30. The van der Waals surface area contributed by atoms with E-state index < -0.39 is 0 Å². The summed E-state index contributed by atoms with van der Waals surface area (Å²) in [7, 11) is 0. The number of fused-ring (bicyclic) bond motifs is 1. The smallest absolute Gasteiger partial charge is 0.224 e. The number of anilines is 2. The maximum absolute atomic E-state index is 12.4. The van der Waals surface area contributed by atoms with Gasteiger partial charge >= 0.3 is 0 Å². The first-order valence-electron chi connectivity index (χ1n) is 9.49. The Kier molecular flexibility index (Phi) is 4.92. The molecular formula is C22H24N4O. The van der Waals surface area contributed by atoms with Gasteiger partial charge in [-0.15, -0.1) is 0 Å². The summed E-state index contributed by atoms with van der Waals surface area (Å²) in [4.78, 5) is 14.7. The van der Waals surface area contributed by atoms with Gasteiger partial charge in [-0.05, 0) is 55.2 Å². The van der Waals surface area contributed by atoms with Crippen molar-refractivity contribution in [1.29, 1.82) is 0 Å². The van der Waals surface area contributed by atoms with Crippen molar-refractivity contribution < 1.29 is 4.79 Å². The highest BCUT2D eigenvalue weighted by molar-refractivity contribution is 5.91. The van der Waals surface area contributed by atoms with Crippen LogP contribution in [0, 0.1) is 0 Å². The zero-order valence-electron chi connectivity index (χ0n) is 15.6. The molecule has 2 heterocycles. The first-order valence-corrected chi connectivity index (χ1v) is 9.49. The largest absolute Gasteiger partial charge is 0.371 e. The van der Waals surface area contributed by atoms with E-state index in [9.17, 15) is 4.79 Å². The van der Waals surface area contributed by atoms with Crippen molar-refractivity contribution in [3.63, 3.8) is 0 Å². The van der Waals surface area contributed by atoms with E-state index in [0.717, 1.165) is 36.4 Å². The summed E-state index contributed by atoms with van der Waals surface area (Å²) in [5.74, 6) is 0.0310. The Bertz CT molecular complexity index is 932. The van der Waals surface area contributed by atoms with Gasteiger partial charge in [0.2, 0.25) is 5.91 Å². The summed E-state index contributed by atoms with van der Waals surface area (Å²) in [6.07, 6.45) is 6.01. The van der Waals surface area contributed by atoms with E-state index in [1.165, 1.54) is 11.3 Å². The molecule has 1 amide bonds. The molecule has 0 radical (unpaired) electrons. The van der Waals surface area contributed by atoms with Crippen molar-refractivity contribution >= 4 is 17.3 Å². The molecule has 5 nitrogen and oxygen atoms in total. The topological polar surface area (TPSA) is 50.2 Å². The molecule has 5 heteroatoms. The number of benzene rings is 2. The minimum atomic E-state index is 0.0310. The average Bonchev–Trinajstić information content (AvgIpc) is 3.33. The minimum Gasteiger partial charge on any atom is -0.371 e. The minimum absolute atomic E-state index is 0.0310. The molecule has 0 fully saturated rings. The summed E-state index contributed by atoms with van der Waals surface area (Å²) >= 11 is 0. The zero-order valence-corrected chi connectivity index (χ0v) is 15.6. The molecule has 0 aliphatic carbocycles. The molecule has 0 bridgehead atoms. The molecule has 1 aliphatic rings. The molecule has 0 saturated heterocycles. The fourth-order valence-electron chi connectivity index (χ4n) is 3.54. The summed E-state index contributed by atoms with van der Waals surface area (Å²) in [6, 6.07) is 16.2. The molecule has 3 aromatic rings. The Balaban J connectivity index is 1.35. The van der Waals surface area contributed by atoms with Gasteiger partial charge in [0, 0.05) is 37.1 Å². The van der Waals surface area contributed by atoms with Crippen LogP contribution < -0.4 is 10.2 Å². The van der Waals surface area contributed by atoms with Gasteiger partial charge in [0.25, 0.3) is 0 Å².